The maximum Gasteiger partial charge on any atom is 0.307 e. The number of hydrogen-bond acceptors (Lipinski definition) is 5. The third-order valence-electron chi connectivity index (χ3n) is 5.83. The van der Waals surface area contributed by atoms with Crippen LogP contribution in [0.1, 0.15) is 36.7 Å². The lowest BCUT2D eigenvalue weighted by Gasteiger charge is -2.28. The quantitative estimate of drug-likeness (QED) is 0.636. The molecular formula is C22H23ClN2O4. The fourth-order valence-electron chi connectivity index (χ4n) is 3.56. The molecular weight excluding hydrogens is 392 g/mol. The van der Waals surface area contributed by atoms with Crippen molar-refractivity contribution in [2.24, 2.45) is 17.3 Å². The molecule has 2 saturated carbocycles. The smallest absolute Gasteiger partial charge is 0.307 e. The molecule has 2 fully saturated rings. The van der Waals surface area contributed by atoms with Crippen molar-refractivity contribution in [2.75, 3.05) is 18.6 Å². The Morgan fingerprint density at radius 3 is 2.48 bits per heavy atom. The lowest BCUT2D eigenvalue weighted by molar-refractivity contribution is -0.138. The maximum atomic E-state index is 12.7. The summed E-state index contributed by atoms with van der Waals surface area (Å²) in [6.45, 7) is 3.06. The minimum atomic E-state index is -0.939. The fourth-order valence-corrected chi connectivity index (χ4v) is 3.69. The van der Waals surface area contributed by atoms with E-state index in [0.717, 1.165) is 30.8 Å². The van der Waals surface area contributed by atoms with E-state index in [0.29, 0.717) is 17.2 Å². The van der Waals surface area contributed by atoms with Gasteiger partial charge in [0.15, 0.2) is 5.78 Å². The summed E-state index contributed by atoms with van der Waals surface area (Å²) in [7, 11) is 1.49. The summed E-state index contributed by atoms with van der Waals surface area (Å²) in [5.41, 5.74) is 2.24. The lowest BCUT2D eigenvalue weighted by atomic mass is 10.1. The van der Waals surface area contributed by atoms with Crippen LogP contribution in [0.25, 0.3) is 0 Å². The van der Waals surface area contributed by atoms with Crippen LogP contribution in [0.5, 0.6) is 5.75 Å². The number of ether oxygens (including phenoxy) is 1. The SMILES string of the molecule is COc1cc(N(CC2(C)CC2)c2ccc(Cl)cc2)cnc1C(=O)C1CC1C(=O)O. The highest BCUT2D eigenvalue weighted by Gasteiger charge is 2.49. The Morgan fingerprint density at radius 1 is 1.24 bits per heavy atom. The fraction of sp³-hybridized carbons (Fsp3) is 0.409. The lowest BCUT2D eigenvalue weighted by Crippen LogP contribution is -2.25. The molecule has 1 aromatic heterocycles. The molecule has 2 aromatic rings. The number of anilines is 2. The summed E-state index contributed by atoms with van der Waals surface area (Å²) in [5, 5.41) is 9.77. The molecule has 0 saturated heterocycles. The Balaban J connectivity index is 1.65. The molecule has 152 valence electrons. The van der Waals surface area contributed by atoms with Gasteiger partial charge in [-0.2, -0.15) is 0 Å². The first-order valence-electron chi connectivity index (χ1n) is 9.65. The minimum Gasteiger partial charge on any atom is -0.494 e. The summed E-state index contributed by atoms with van der Waals surface area (Å²) >= 11 is 6.05. The van der Waals surface area contributed by atoms with E-state index >= 15 is 0 Å². The zero-order valence-corrected chi connectivity index (χ0v) is 17.1. The molecule has 2 aliphatic carbocycles. The molecule has 2 atom stereocenters. The second kappa shape index (κ2) is 7.34. The third kappa shape index (κ3) is 4.08. The number of halogens is 1. The van der Waals surface area contributed by atoms with Gasteiger partial charge in [0.1, 0.15) is 11.4 Å². The van der Waals surface area contributed by atoms with E-state index < -0.39 is 17.8 Å². The Labute approximate surface area is 174 Å². The Morgan fingerprint density at radius 2 is 1.93 bits per heavy atom. The van der Waals surface area contributed by atoms with Crippen molar-refractivity contribution in [1.29, 1.82) is 0 Å². The van der Waals surface area contributed by atoms with Crippen molar-refractivity contribution >= 4 is 34.7 Å². The van der Waals surface area contributed by atoms with Crippen LogP contribution in [-0.2, 0) is 4.79 Å². The predicted molar refractivity (Wildman–Crippen MR) is 110 cm³/mol. The van der Waals surface area contributed by atoms with Crippen molar-refractivity contribution in [3.63, 3.8) is 0 Å². The number of carboxylic acid groups (broad SMARTS) is 1. The molecule has 1 heterocycles. The first kappa shape index (κ1) is 19.7. The van der Waals surface area contributed by atoms with E-state index in [-0.39, 0.29) is 16.9 Å². The van der Waals surface area contributed by atoms with Crippen LogP contribution < -0.4 is 9.64 Å². The summed E-state index contributed by atoms with van der Waals surface area (Å²) < 4.78 is 5.45. The van der Waals surface area contributed by atoms with Crippen LogP contribution in [0, 0.1) is 17.3 Å². The summed E-state index contributed by atoms with van der Waals surface area (Å²) in [4.78, 5) is 30.3. The average molecular weight is 415 g/mol. The summed E-state index contributed by atoms with van der Waals surface area (Å²) in [5.74, 6) is -1.98. The van der Waals surface area contributed by atoms with Crippen LogP contribution in [0.2, 0.25) is 5.02 Å². The second-order valence-electron chi connectivity index (χ2n) is 8.27. The number of hydrogen-bond donors (Lipinski definition) is 1. The van der Waals surface area contributed by atoms with E-state index in [1.54, 1.807) is 12.3 Å². The van der Waals surface area contributed by atoms with Gasteiger partial charge >= 0.3 is 5.97 Å². The average Bonchev–Trinajstić information content (AvgIpc) is 3.62. The molecule has 0 radical (unpaired) electrons. The van der Waals surface area contributed by atoms with E-state index in [9.17, 15) is 9.59 Å². The van der Waals surface area contributed by atoms with Crippen molar-refractivity contribution < 1.29 is 19.4 Å². The number of ketones is 1. The van der Waals surface area contributed by atoms with Gasteiger partial charge in [-0.1, -0.05) is 18.5 Å². The van der Waals surface area contributed by atoms with Gasteiger partial charge in [-0.15, -0.1) is 0 Å². The molecule has 2 unspecified atom stereocenters. The molecule has 0 aliphatic heterocycles. The van der Waals surface area contributed by atoms with Gasteiger partial charge in [-0.05, 0) is 48.9 Å². The maximum absolute atomic E-state index is 12.7. The Hall–Kier alpha value is -2.60. The number of methoxy groups -OCH3 is 1. The molecule has 2 aliphatic rings. The minimum absolute atomic E-state index is 0.193. The van der Waals surface area contributed by atoms with Crippen LogP contribution in [-0.4, -0.2) is 35.5 Å². The molecule has 7 heteroatoms. The van der Waals surface area contributed by atoms with Crippen molar-refractivity contribution in [2.45, 2.75) is 26.2 Å². The number of nitrogens with zero attached hydrogens (tertiary/aromatic N) is 2. The monoisotopic (exact) mass is 414 g/mol. The number of aliphatic carboxylic acids is 1. The molecule has 6 nitrogen and oxygen atoms in total. The molecule has 0 spiro atoms. The molecule has 1 N–H and O–H groups in total. The highest BCUT2D eigenvalue weighted by Crippen LogP contribution is 2.48. The van der Waals surface area contributed by atoms with E-state index in [1.165, 1.54) is 7.11 Å². The third-order valence-corrected chi connectivity index (χ3v) is 6.08. The second-order valence-corrected chi connectivity index (χ2v) is 8.71. The normalized spacial score (nSPS) is 21.3. The number of carbonyl (C=O) groups excluding carboxylic acids is 1. The number of Topliss-reactive ketones (excluding diaryl/α,β-unsaturated/α-hetero) is 1. The number of benzene rings is 1. The zero-order valence-electron chi connectivity index (χ0n) is 16.4. The van der Waals surface area contributed by atoms with E-state index in [2.05, 4.69) is 16.8 Å². The van der Waals surface area contributed by atoms with Gasteiger partial charge in [-0.3, -0.25) is 9.59 Å². The number of aromatic nitrogens is 1. The van der Waals surface area contributed by atoms with E-state index in [4.69, 9.17) is 21.4 Å². The zero-order chi connectivity index (χ0) is 20.8. The molecule has 1 aromatic carbocycles. The number of carboxylic acids is 1. The number of pyridine rings is 1. The van der Waals surface area contributed by atoms with Gasteiger partial charge < -0.3 is 14.7 Å². The van der Waals surface area contributed by atoms with Gasteiger partial charge in [0.25, 0.3) is 0 Å². The predicted octanol–water partition coefficient (Wildman–Crippen LogP) is 4.59. The Bertz CT molecular complexity index is 956. The van der Waals surface area contributed by atoms with Crippen LogP contribution >= 0.6 is 11.6 Å². The summed E-state index contributed by atoms with van der Waals surface area (Å²) in [6, 6.07) is 9.42. The van der Waals surface area contributed by atoms with Gasteiger partial charge in [0.2, 0.25) is 0 Å². The standard InChI is InChI=1S/C22H23ClN2O4/c1-22(7-8-22)12-25(14-5-3-13(23)4-6-14)15-9-18(29-2)19(24-11-15)20(26)16-10-17(16)21(27)28/h3-6,9,11,16-17H,7-8,10,12H2,1-2H3,(H,27,28). The van der Waals surface area contributed by atoms with Gasteiger partial charge in [0.05, 0.1) is 24.9 Å². The van der Waals surface area contributed by atoms with Crippen molar-refractivity contribution in [1.82, 2.24) is 4.98 Å². The summed E-state index contributed by atoms with van der Waals surface area (Å²) in [6.07, 6.45) is 4.34. The van der Waals surface area contributed by atoms with Crippen molar-refractivity contribution in [3.05, 3.63) is 47.2 Å². The molecule has 0 bridgehead atoms. The number of rotatable bonds is 8. The Kier molecular flexibility index (Phi) is 4.99. The van der Waals surface area contributed by atoms with Crippen LogP contribution in [0.3, 0.4) is 0 Å². The van der Waals surface area contributed by atoms with Crippen molar-refractivity contribution in [3.8, 4) is 5.75 Å². The molecule has 4 rings (SSSR count). The molecule has 0 amide bonds. The largest absolute Gasteiger partial charge is 0.494 e. The van der Waals surface area contributed by atoms with Gasteiger partial charge in [0, 0.05) is 29.2 Å². The van der Waals surface area contributed by atoms with Crippen LogP contribution in [0.15, 0.2) is 36.5 Å². The highest BCUT2D eigenvalue weighted by molar-refractivity contribution is 6.30. The number of carbonyl (C=O) groups is 2. The molecule has 29 heavy (non-hydrogen) atoms. The van der Waals surface area contributed by atoms with Gasteiger partial charge in [-0.25, -0.2) is 4.98 Å². The highest BCUT2D eigenvalue weighted by atomic mass is 35.5. The topological polar surface area (TPSA) is 79.7 Å². The van der Waals surface area contributed by atoms with Crippen LogP contribution in [0.4, 0.5) is 11.4 Å². The first-order chi connectivity index (χ1) is 13.8. The first-order valence-corrected chi connectivity index (χ1v) is 10.0. The van der Waals surface area contributed by atoms with E-state index in [1.807, 2.05) is 24.3 Å².